The van der Waals surface area contributed by atoms with Crippen LogP contribution in [0.5, 0.6) is 0 Å². The average molecular weight is 289 g/mol. The van der Waals surface area contributed by atoms with E-state index in [2.05, 4.69) is 5.32 Å². The SMILES string of the molecule is OB(O)[C@H](Cc1coc2ccccc12)N[C@@H]1CCC[C@@H]1O. The van der Waals surface area contributed by atoms with E-state index in [4.69, 9.17) is 4.42 Å². The highest BCUT2D eigenvalue weighted by atomic mass is 16.4. The fraction of sp³-hybridized carbons (Fsp3) is 0.467. The molecule has 0 radical (unpaired) electrons. The van der Waals surface area contributed by atoms with Gasteiger partial charge in [-0.05, 0) is 37.3 Å². The Morgan fingerprint density at radius 2 is 2.10 bits per heavy atom. The summed E-state index contributed by atoms with van der Waals surface area (Å²) in [5.41, 5.74) is 1.73. The van der Waals surface area contributed by atoms with Crippen LogP contribution in [0, 0.1) is 0 Å². The van der Waals surface area contributed by atoms with Gasteiger partial charge in [0, 0.05) is 17.4 Å². The molecule has 1 heterocycles. The number of nitrogens with one attached hydrogen (secondary N) is 1. The zero-order chi connectivity index (χ0) is 14.8. The Labute approximate surface area is 123 Å². The summed E-state index contributed by atoms with van der Waals surface area (Å²) in [7, 11) is -1.48. The molecule has 4 N–H and O–H groups in total. The molecule has 0 spiro atoms. The minimum Gasteiger partial charge on any atom is -0.464 e. The molecule has 0 unspecified atom stereocenters. The van der Waals surface area contributed by atoms with E-state index in [1.165, 1.54) is 0 Å². The largest absolute Gasteiger partial charge is 0.469 e. The van der Waals surface area contributed by atoms with Gasteiger partial charge in [0.15, 0.2) is 0 Å². The molecule has 1 aliphatic carbocycles. The minimum absolute atomic E-state index is 0.0741. The van der Waals surface area contributed by atoms with Gasteiger partial charge < -0.3 is 24.9 Å². The molecule has 21 heavy (non-hydrogen) atoms. The van der Waals surface area contributed by atoms with Crippen LogP contribution in [-0.2, 0) is 6.42 Å². The quantitative estimate of drug-likeness (QED) is 0.613. The first-order chi connectivity index (χ1) is 10.1. The molecular weight excluding hydrogens is 269 g/mol. The van der Waals surface area contributed by atoms with Gasteiger partial charge in [0.1, 0.15) is 5.58 Å². The highest BCUT2D eigenvalue weighted by molar-refractivity contribution is 6.43. The number of aliphatic hydroxyl groups excluding tert-OH is 1. The van der Waals surface area contributed by atoms with Crippen LogP contribution in [0.4, 0.5) is 0 Å². The fourth-order valence-electron chi connectivity index (χ4n) is 3.09. The molecule has 0 aliphatic heterocycles. The van der Waals surface area contributed by atoms with Gasteiger partial charge >= 0.3 is 7.12 Å². The van der Waals surface area contributed by atoms with E-state index >= 15 is 0 Å². The first-order valence-corrected chi connectivity index (χ1v) is 7.40. The number of hydrogen-bond acceptors (Lipinski definition) is 5. The lowest BCUT2D eigenvalue weighted by Gasteiger charge is -2.24. The molecule has 112 valence electrons. The van der Waals surface area contributed by atoms with Gasteiger partial charge in [0.25, 0.3) is 0 Å². The van der Waals surface area contributed by atoms with E-state index in [0.717, 1.165) is 35.8 Å². The Kier molecular flexibility index (Phi) is 4.31. The van der Waals surface area contributed by atoms with Crippen LogP contribution in [0.3, 0.4) is 0 Å². The Morgan fingerprint density at radius 3 is 2.81 bits per heavy atom. The third-order valence-corrected chi connectivity index (χ3v) is 4.27. The molecule has 1 saturated carbocycles. The lowest BCUT2D eigenvalue weighted by Crippen LogP contribution is -2.51. The zero-order valence-electron chi connectivity index (χ0n) is 11.8. The Hall–Kier alpha value is -1.34. The first-order valence-electron chi connectivity index (χ1n) is 7.40. The first kappa shape index (κ1) is 14.6. The number of rotatable bonds is 5. The number of aliphatic hydroxyl groups is 1. The molecule has 6 heteroatoms. The van der Waals surface area contributed by atoms with E-state index < -0.39 is 19.2 Å². The molecule has 3 rings (SSSR count). The van der Waals surface area contributed by atoms with Crippen molar-refractivity contribution in [2.24, 2.45) is 0 Å². The van der Waals surface area contributed by atoms with E-state index in [1.54, 1.807) is 6.26 Å². The van der Waals surface area contributed by atoms with Crippen LogP contribution in [0.25, 0.3) is 11.0 Å². The maximum Gasteiger partial charge on any atom is 0.469 e. The van der Waals surface area contributed by atoms with Crippen molar-refractivity contribution >= 4 is 18.1 Å². The van der Waals surface area contributed by atoms with Crippen LogP contribution >= 0.6 is 0 Å². The number of furan rings is 1. The molecule has 3 atom stereocenters. The summed E-state index contributed by atoms with van der Waals surface area (Å²) < 4.78 is 5.48. The van der Waals surface area contributed by atoms with Crippen LogP contribution in [-0.4, -0.2) is 40.4 Å². The normalized spacial score (nSPS) is 23.6. The molecule has 1 aliphatic rings. The number of hydrogen-bond donors (Lipinski definition) is 4. The summed E-state index contributed by atoms with van der Waals surface area (Å²) in [6, 6.07) is 7.60. The van der Waals surface area contributed by atoms with Gasteiger partial charge in [-0.25, -0.2) is 0 Å². The molecule has 1 aromatic carbocycles. The Balaban J connectivity index is 1.75. The molecule has 1 fully saturated rings. The van der Waals surface area contributed by atoms with Gasteiger partial charge in [0.2, 0.25) is 0 Å². The second kappa shape index (κ2) is 6.19. The minimum atomic E-state index is -1.48. The smallest absolute Gasteiger partial charge is 0.464 e. The van der Waals surface area contributed by atoms with Gasteiger partial charge in [-0.15, -0.1) is 0 Å². The number of para-hydroxylation sites is 1. The summed E-state index contributed by atoms with van der Waals surface area (Å²) in [5.74, 6) is -0.524. The second-order valence-corrected chi connectivity index (χ2v) is 5.75. The predicted octanol–water partition coefficient (Wildman–Crippen LogP) is 0.859. The summed E-state index contributed by atoms with van der Waals surface area (Å²) in [4.78, 5) is 0. The Bertz CT molecular complexity index is 600. The van der Waals surface area contributed by atoms with Crippen LogP contribution in [0.15, 0.2) is 34.9 Å². The predicted molar refractivity (Wildman–Crippen MR) is 80.7 cm³/mol. The molecule has 0 bridgehead atoms. The van der Waals surface area contributed by atoms with Gasteiger partial charge in [0.05, 0.1) is 12.4 Å². The summed E-state index contributed by atoms with van der Waals surface area (Å²) in [6.07, 6.45) is 4.27. The number of benzene rings is 1. The van der Waals surface area contributed by atoms with Gasteiger partial charge in [-0.3, -0.25) is 0 Å². The highest BCUT2D eigenvalue weighted by Crippen LogP contribution is 2.24. The van der Waals surface area contributed by atoms with Crippen LogP contribution in [0.2, 0.25) is 0 Å². The highest BCUT2D eigenvalue weighted by Gasteiger charge is 2.32. The maximum atomic E-state index is 9.87. The monoisotopic (exact) mass is 289 g/mol. The fourth-order valence-corrected chi connectivity index (χ4v) is 3.09. The molecule has 2 aromatic rings. The van der Waals surface area contributed by atoms with Crippen molar-refractivity contribution in [3.63, 3.8) is 0 Å². The maximum absolute atomic E-state index is 9.87. The second-order valence-electron chi connectivity index (χ2n) is 5.75. The molecule has 0 saturated heterocycles. The molecule has 1 aromatic heterocycles. The van der Waals surface area contributed by atoms with Crippen LogP contribution < -0.4 is 5.32 Å². The third kappa shape index (κ3) is 3.13. The lowest BCUT2D eigenvalue weighted by molar-refractivity contribution is 0.145. The van der Waals surface area contributed by atoms with Crippen molar-refractivity contribution in [2.45, 2.75) is 43.8 Å². The standard InChI is InChI=1S/C15H20BNO4/c18-13-6-3-5-12(13)17-15(16(19)20)8-10-9-21-14-7-2-1-4-11(10)14/h1-2,4,7,9,12-13,15,17-20H,3,5-6,8H2/t12-,13+,15+/m1/s1. The van der Waals surface area contributed by atoms with E-state index in [-0.39, 0.29) is 6.04 Å². The van der Waals surface area contributed by atoms with E-state index in [9.17, 15) is 15.2 Å². The van der Waals surface area contributed by atoms with Crippen LogP contribution in [0.1, 0.15) is 24.8 Å². The summed E-state index contributed by atoms with van der Waals surface area (Å²) in [5, 5.41) is 33.3. The molecule has 5 nitrogen and oxygen atoms in total. The van der Waals surface area contributed by atoms with Crippen molar-refractivity contribution in [1.29, 1.82) is 0 Å². The van der Waals surface area contributed by atoms with Crippen molar-refractivity contribution in [3.05, 3.63) is 36.1 Å². The molecule has 0 amide bonds. The van der Waals surface area contributed by atoms with Crippen molar-refractivity contribution in [2.75, 3.05) is 0 Å². The van der Waals surface area contributed by atoms with E-state index in [0.29, 0.717) is 6.42 Å². The van der Waals surface area contributed by atoms with Gasteiger partial charge in [-0.2, -0.15) is 0 Å². The molecular formula is C15H20BNO4. The third-order valence-electron chi connectivity index (χ3n) is 4.27. The summed E-state index contributed by atoms with van der Waals surface area (Å²) >= 11 is 0. The average Bonchev–Trinajstić information content (AvgIpc) is 3.05. The zero-order valence-corrected chi connectivity index (χ0v) is 11.8. The Morgan fingerprint density at radius 1 is 1.29 bits per heavy atom. The van der Waals surface area contributed by atoms with Gasteiger partial charge in [-0.1, -0.05) is 18.2 Å². The topological polar surface area (TPSA) is 85.9 Å². The number of fused-ring (bicyclic) bond motifs is 1. The summed E-state index contributed by atoms with van der Waals surface area (Å²) in [6.45, 7) is 0. The van der Waals surface area contributed by atoms with E-state index in [1.807, 2.05) is 24.3 Å². The van der Waals surface area contributed by atoms with Crippen molar-refractivity contribution < 1.29 is 19.6 Å². The van der Waals surface area contributed by atoms with Crippen molar-refractivity contribution in [3.8, 4) is 0 Å². The lowest BCUT2D eigenvalue weighted by atomic mass is 9.75. The van der Waals surface area contributed by atoms with Crippen molar-refractivity contribution in [1.82, 2.24) is 5.32 Å².